The summed E-state index contributed by atoms with van der Waals surface area (Å²) in [5.74, 6) is 0.0577. The minimum absolute atomic E-state index is 0.00178. The number of carbonyl (C=O) groups excluding carboxylic acids is 1. The molecule has 1 saturated heterocycles. The minimum atomic E-state index is -0.0993. The number of amides is 1. The maximum atomic E-state index is 12.0. The molecule has 4 heteroatoms. The fourth-order valence-corrected chi connectivity index (χ4v) is 2.78. The third-order valence-corrected chi connectivity index (χ3v) is 4.02. The van der Waals surface area contributed by atoms with Crippen LogP contribution in [0.3, 0.4) is 0 Å². The first-order valence-corrected chi connectivity index (χ1v) is 7.60. The predicted molar refractivity (Wildman–Crippen MR) is 79.2 cm³/mol. The Balaban J connectivity index is 1.67. The lowest BCUT2D eigenvalue weighted by atomic mass is 9.97. The highest BCUT2D eigenvalue weighted by Crippen LogP contribution is 2.28. The Morgan fingerprint density at radius 2 is 2.10 bits per heavy atom. The summed E-state index contributed by atoms with van der Waals surface area (Å²) in [6, 6.07) is 10.00. The summed E-state index contributed by atoms with van der Waals surface area (Å²) in [4.78, 5) is 17.8. The van der Waals surface area contributed by atoms with E-state index in [-0.39, 0.29) is 24.2 Å². The number of hydrogen-bond donors (Lipinski definition) is 0. The van der Waals surface area contributed by atoms with E-state index >= 15 is 0 Å². The number of carbonyl (C=O) groups is 1. The monoisotopic (exact) mass is 287 g/mol. The molecule has 2 heterocycles. The Kier molecular flexibility index (Phi) is 4.36. The summed E-state index contributed by atoms with van der Waals surface area (Å²) in [5.41, 5.74) is 1.15. The number of ether oxygens (including phenoxy) is 1. The average molecular weight is 287 g/mol. The van der Waals surface area contributed by atoms with E-state index in [4.69, 9.17) is 9.57 Å². The van der Waals surface area contributed by atoms with Gasteiger partial charge in [-0.25, -0.2) is 5.06 Å². The molecule has 2 aliphatic rings. The first-order chi connectivity index (χ1) is 10.3. The molecule has 3 atom stereocenters. The van der Waals surface area contributed by atoms with E-state index in [0.717, 1.165) is 18.4 Å². The fourth-order valence-electron chi connectivity index (χ4n) is 2.78. The van der Waals surface area contributed by atoms with Gasteiger partial charge in [0.05, 0.1) is 12.7 Å². The van der Waals surface area contributed by atoms with Crippen LogP contribution in [0.2, 0.25) is 0 Å². The van der Waals surface area contributed by atoms with Crippen molar-refractivity contribution in [2.24, 2.45) is 0 Å². The molecule has 4 nitrogen and oxygen atoms in total. The van der Waals surface area contributed by atoms with Crippen LogP contribution >= 0.6 is 0 Å². The van der Waals surface area contributed by atoms with Gasteiger partial charge in [0.15, 0.2) is 0 Å². The second kappa shape index (κ2) is 6.41. The Bertz CT molecular complexity index is 514. The van der Waals surface area contributed by atoms with Crippen LogP contribution in [-0.4, -0.2) is 29.2 Å². The molecule has 0 saturated carbocycles. The van der Waals surface area contributed by atoms with Gasteiger partial charge in [-0.3, -0.25) is 9.63 Å². The summed E-state index contributed by atoms with van der Waals surface area (Å²) < 4.78 is 6.03. The van der Waals surface area contributed by atoms with E-state index in [1.54, 1.807) is 0 Å². The normalized spacial score (nSPS) is 28.5. The zero-order valence-corrected chi connectivity index (χ0v) is 12.3. The highest BCUT2D eigenvalue weighted by atomic mass is 16.7. The van der Waals surface area contributed by atoms with Gasteiger partial charge in [-0.2, -0.15) is 0 Å². The van der Waals surface area contributed by atoms with Gasteiger partial charge in [0.25, 0.3) is 0 Å². The molecule has 0 aromatic heterocycles. The van der Waals surface area contributed by atoms with Crippen molar-refractivity contribution in [3.8, 4) is 0 Å². The molecule has 112 valence electrons. The number of fused-ring (bicyclic) bond motifs is 1. The van der Waals surface area contributed by atoms with Crippen LogP contribution in [0.1, 0.15) is 31.7 Å². The number of hydrogen-bond acceptors (Lipinski definition) is 3. The average Bonchev–Trinajstić information content (AvgIpc) is 2.55. The van der Waals surface area contributed by atoms with Crippen LogP contribution < -0.4 is 0 Å². The molecule has 2 aliphatic heterocycles. The largest absolute Gasteiger partial charge is 0.371 e. The summed E-state index contributed by atoms with van der Waals surface area (Å²) in [6.07, 6.45) is 6.19. The molecule has 1 aromatic carbocycles. The van der Waals surface area contributed by atoms with Gasteiger partial charge in [0.2, 0.25) is 5.91 Å². The summed E-state index contributed by atoms with van der Waals surface area (Å²) >= 11 is 0. The third-order valence-electron chi connectivity index (χ3n) is 4.02. The maximum absolute atomic E-state index is 12.0. The van der Waals surface area contributed by atoms with Gasteiger partial charge in [0.1, 0.15) is 12.1 Å². The Morgan fingerprint density at radius 1 is 1.29 bits per heavy atom. The highest BCUT2D eigenvalue weighted by molar-refractivity contribution is 5.77. The summed E-state index contributed by atoms with van der Waals surface area (Å²) in [5, 5.41) is 1.52. The molecule has 1 amide bonds. The lowest BCUT2D eigenvalue weighted by Gasteiger charge is -2.41. The van der Waals surface area contributed by atoms with Gasteiger partial charge in [-0.05, 0) is 18.4 Å². The van der Waals surface area contributed by atoms with Crippen molar-refractivity contribution in [2.75, 3.05) is 0 Å². The van der Waals surface area contributed by atoms with Crippen molar-refractivity contribution in [2.45, 2.75) is 51.0 Å². The molecule has 1 fully saturated rings. The Hall–Kier alpha value is -1.65. The minimum Gasteiger partial charge on any atom is -0.371 e. The van der Waals surface area contributed by atoms with E-state index in [0.29, 0.717) is 13.0 Å². The van der Waals surface area contributed by atoms with Crippen molar-refractivity contribution in [1.29, 1.82) is 0 Å². The first kappa shape index (κ1) is 14.3. The molecule has 21 heavy (non-hydrogen) atoms. The lowest BCUT2D eigenvalue weighted by molar-refractivity contribution is -0.236. The van der Waals surface area contributed by atoms with Crippen LogP contribution in [0, 0.1) is 0 Å². The molecule has 0 radical (unpaired) electrons. The van der Waals surface area contributed by atoms with Gasteiger partial charge < -0.3 is 4.74 Å². The molecule has 0 unspecified atom stereocenters. The van der Waals surface area contributed by atoms with E-state index < -0.39 is 0 Å². The van der Waals surface area contributed by atoms with Crippen molar-refractivity contribution < 1.29 is 14.4 Å². The van der Waals surface area contributed by atoms with Gasteiger partial charge in [-0.15, -0.1) is 0 Å². The summed E-state index contributed by atoms with van der Waals surface area (Å²) in [6.45, 7) is 2.61. The number of benzene rings is 1. The quantitative estimate of drug-likeness (QED) is 0.799. The van der Waals surface area contributed by atoms with Crippen LogP contribution in [-0.2, 0) is 21.0 Å². The number of piperidine rings is 1. The number of nitrogens with zero attached hydrogens (tertiary/aromatic N) is 1. The molecule has 1 aromatic rings. The van der Waals surface area contributed by atoms with Gasteiger partial charge >= 0.3 is 0 Å². The topological polar surface area (TPSA) is 38.8 Å². The van der Waals surface area contributed by atoms with E-state index in [2.05, 4.69) is 6.08 Å². The van der Waals surface area contributed by atoms with Gasteiger partial charge in [-0.1, -0.05) is 49.4 Å². The second-order valence-corrected chi connectivity index (χ2v) is 5.52. The molecule has 3 rings (SSSR count). The highest BCUT2D eigenvalue weighted by Gasteiger charge is 2.39. The fraction of sp³-hybridized carbons (Fsp3) is 0.471. The standard InChI is InChI=1S/C17H21NO3/c1-2-14-8-9-15-16(10-11-17(19)18(15)21-14)20-12-13-6-4-3-5-7-13/h3-9,14-16H,2,10-12H2,1H3/t14-,15+,16-/m0/s1. The molecular formula is C17H21NO3. The van der Waals surface area contributed by atoms with E-state index in [1.165, 1.54) is 5.06 Å². The van der Waals surface area contributed by atoms with E-state index in [1.807, 2.05) is 43.3 Å². The molecule has 0 spiro atoms. The maximum Gasteiger partial charge on any atom is 0.246 e. The van der Waals surface area contributed by atoms with E-state index in [9.17, 15) is 4.79 Å². The molecule has 0 aliphatic carbocycles. The van der Waals surface area contributed by atoms with Crippen LogP contribution in [0.15, 0.2) is 42.5 Å². The molecule has 0 N–H and O–H groups in total. The lowest BCUT2D eigenvalue weighted by Crippen LogP contribution is -2.53. The van der Waals surface area contributed by atoms with Crippen molar-refractivity contribution in [1.82, 2.24) is 5.06 Å². The SMILES string of the molecule is CC[C@H]1C=C[C@@H]2[C@@H](OCc3ccccc3)CCC(=O)N2O1. The third kappa shape index (κ3) is 3.17. The number of rotatable bonds is 4. The first-order valence-electron chi connectivity index (χ1n) is 7.60. The predicted octanol–water partition coefficient (Wildman–Crippen LogP) is 2.84. The van der Waals surface area contributed by atoms with Crippen molar-refractivity contribution >= 4 is 5.91 Å². The Labute approximate surface area is 125 Å². The van der Waals surface area contributed by atoms with Crippen LogP contribution in [0.25, 0.3) is 0 Å². The molecular weight excluding hydrogens is 266 g/mol. The van der Waals surface area contributed by atoms with Crippen LogP contribution in [0.5, 0.6) is 0 Å². The Morgan fingerprint density at radius 3 is 2.86 bits per heavy atom. The zero-order chi connectivity index (χ0) is 14.7. The summed E-state index contributed by atoms with van der Waals surface area (Å²) in [7, 11) is 0. The smallest absolute Gasteiger partial charge is 0.246 e. The van der Waals surface area contributed by atoms with Crippen LogP contribution in [0.4, 0.5) is 0 Å². The zero-order valence-electron chi connectivity index (χ0n) is 12.3. The molecule has 0 bridgehead atoms. The van der Waals surface area contributed by atoms with Crippen molar-refractivity contribution in [3.05, 3.63) is 48.0 Å². The second-order valence-electron chi connectivity index (χ2n) is 5.52. The van der Waals surface area contributed by atoms with Gasteiger partial charge in [0, 0.05) is 6.42 Å². The van der Waals surface area contributed by atoms with Crippen molar-refractivity contribution in [3.63, 3.8) is 0 Å². The number of hydroxylamine groups is 2.